The van der Waals surface area contributed by atoms with Gasteiger partial charge >= 0.3 is 0 Å². The minimum Gasteiger partial charge on any atom is -0.303 e. The maximum absolute atomic E-state index is 13.3. The molecule has 1 unspecified atom stereocenters. The molecule has 0 bridgehead atoms. The van der Waals surface area contributed by atoms with E-state index in [1.54, 1.807) is 13.0 Å². The Morgan fingerprint density at radius 3 is 2.77 bits per heavy atom. The van der Waals surface area contributed by atoms with Gasteiger partial charge in [0.2, 0.25) is 0 Å². The molecule has 1 nitrogen and oxygen atoms in total. The summed E-state index contributed by atoms with van der Waals surface area (Å²) in [6.45, 7) is 1.68. The molecule has 1 rings (SSSR count). The van der Waals surface area contributed by atoms with Gasteiger partial charge in [-0.25, -0.2) is 4.39 Å². The average molecular weight is 245 g/mol. The number of alkyl halides is 1. The summed E-state index contributed by atoms with van der Waals surface area (Å²) in [5, 5.41) is 0.625. The van der Waals surface area contributed by atoms with Gasteiger partial charge in [-0.1, -0.05) is 35.0 Å². The first-order valence-electron chi connectivity index (χ1n) is 3.98. The Bertz CT molecular complexity index is 312. The summed E-state index contributed by atoms with van der Waals surface area (Å²) < 4.78 is 13.3. The Kier molecular flexibility index (Phi) is 3.60. The van der Waals surface area contributed by atoms with Crippen LogP contribution in [0.5, 0.6) is 0 Å². The highest BCUT2D eigenvalue weighted by Gasteiger charge is 2.09. The van der Waals surface area contributed by atoms with Crippen molar-refractivity contribution in [3.63, 3.8) is 0 Å². The molecule has 0 saturated carbocycles. The minimum absolute atomic E-state index is 0.309. The molecule has 0 saturated heterocycles. The number of aldehydes is 1. The largest absolute Gasteiger partial charge is 0.303 e. The summed E-state index contributed by atoms with van der Waals surface area (Å²) >= 11 is 3.23. The SMILES string of the molecule is CC(C=O)c1ccc(CBr)cc1F. The quantitative estimate of drug-likeness (QED) is 0.590. The van der Waals surface area contributed by atoms with Crippen LogP contribution < -0.4 is 0 Å². The molecule has 0 fully saturated rings. The standard InChI is InChI=1S/C10H10BrFO/c1-7(6-13)9-3-2-8(5-11)4-10(9)12/h2-4,6-7H,5H2,1H3. The molecule has 13 heavy (non-hydrogen) atoms. The van der Waals surface area contributed by atoms with Gasteiger partial charge in [-0.15, -0.1) is 0 Å². The molecule has 0 aliphatic rings. The fourth-order valence-electron chi connectivity index (χ4n) is 1.10. The van der Waals surface area contributed by atoms with Crippen LogP contribution >= 0.6 is 15.9 Å². The van der Waals surface area contributed by atoms with E-state index in [4.69, 9.17) is 0 Å². The van der Waals surface area contributed by atoms with Crippen molar-refractivity contribution in [3.05, 3.63) is 35.1 Å². The van der Waals surface area contributed by atoms with Gasteiger partial charge in [0.15, 0.2) is 0 Å². The van der Waals surface area contributed by atoms with Crippen molar-refractivity contribution in [2.24, 2.45) is 0 Å². The van der Waals surface area contributed by atoms with E-state index < -0.39 is 0 Å². The van der Waals surface area contributed by atoms with Crippen LogP contribution in [-0.4, -0.2) is 6.29 Å². The van der Waals surface area contributed by atoms with Gasteiger partial charge in [0.05, 0.1) is 0 Å². The van der Waals surface area contributed by atoms with Gasteiger partial charge in [0, 0.05) is 11.2 Å². The van der Waals surface area contributed by atoms with Crippen molar-refractivity contribution in [1.82, 2.24) is 0 Å². The first kappa shape index (κ1) is 10.4. The van der Waals surface area contributed by atoms with Gasteiger partial charge in [-0.2, -0.15) is 0 Å². The smallest absolute Gasteiger partial charge is 0.127 e. The molecular formula is C10H10BrFO. The third-order valence-electron chi connectivity index (χ3n) is 1.91. The second kappa shape index (κ2) is 4.51. The number of rotatable bonds is 3. The van der Waals surface area contributed by atoms with E-state index in [1.165, 1.54) is 6.07 Å². The molecular weight excluding hydrogens is 235 g/mol. The first-order valence-corrected chi connectivity index (χ1v) is 5.10. The lowest BCUT2D eigenvalue weighted by Crippen LogP contribution is -1.98. The van der Waals surface area contributed by atoms with Gasteiger partial charge in [0.1, 0.15) is 12.1 Å². The average Bonchev–Trinajstić information content (AvgIpc) is 2.16. The van der Waals surface area contributed by atoms with E-state index in [9.17, 15) is 9.18 Å². The van der Waals surface area contributed by atoms with Gasteiger partial charge in [0.25, 0.3) is 0 Å². The van der Waals surface area contributed by atoms with Crippen LogP contribution in [0.3, 0.4) is 0 Å². The van der Waals surface area contributed by atoms with E-state index in [-0.39, 0.29) is 11.7 Å². The van der Waals surface area contributed by atoms with Crippen LogP contribution in [0, 0.1) is 5.82 Å². The van der Waals surface area contributed by atoms with E-state index in [0.717, 1.165) is 11.8 Å². The van der Waals surface area contributed by atoms with Crippen molar-refractivity contribution < 1.29 is 9.18 Å². The lowest BCUT2D eigenvalue weighted by Gasteiger charge is -2.06. The topological polar surface area (TPSA) is 17.1 Å². The summed E-state index contributed by atoms with van der Waals surface area (Å²) in [6, 6.07) is 4.92. The zero-order valence-electron chi connectivity index (χ0n) is 7.26. The van der Waals surface area contributed by atoms with Crippen LogP contribution in [0.1, 0.15) is 24.0 Å². The van der Waals surface area contributed by atoms with Gasteiger partial charge in [-0.05, 0) is 17.2 Å². The summed E-state index contributed by atoms with van der Waals surface area (Å²) in [5.41, 5.74) is 1.33. The van der Waals surface area contributed by atoms with Crippen molar-refractivity contribution in [2.45, 2.75) is 18.2 Å². The highest BCUT2D eigenvalue weighted by molar-refractivity contribution is 9.08. The second-order valence-corrected chi connectivity index (χ2v) is 3.47. The van der Waals surface area contributed by atoms with Crippen LogP contribution in [0.25, 0.3) is 0 Å². The fourth-order valence-corrected chi connectivity index (χ4v) is 1.45. The maximum Gasteiger partial charge on any atom is 0.127 e. The van der Waals surface area contributed by atoms with Crippen LogP contribution in [0.15, 0.2) is 18.2 Å². The molecule has 0 amide bonds. The minimum atomic E-state index is -0.371. The van der Waals surface area contributed by atoms with E-state index in [2.05, 4.69) is 15.9 Å². The lowest BCUT2D eigenvalue weighted by atomic mass is 10.0. The van der Waals surface area contributed by atoms with Crippen LogP contribution in [0.4, 0.5) is 4.39 Å². The monoisotopic (exact) mass is 244 g/mol. The number of hydrogen-bond acceptors (Lipinski definition) is 1. The summed E-state index contributed by atoms with van der Waals surface area (Å²) in [4.78, 5) is 10.4. The van der Waals surface area contributed by atoms with Gasteiger partial charge < -0.3 is 4.79 Å². The number of hydrogen-bond donors (Lipinski definition) is 0. The van der Waals surface area contributed by atoms with E-state index in [0.29, 0.717) is 10.9 Å². The molecule has 0 aromatic heterocycles. The Hall–Kier alpha value is -0.700. The molecule has 0 radical (unpaired) electrons. The van der Waals surface area contributed by atoms with Crippen molar-refractivity contribution in [1.29, 1.82) is 0 Å². The predicted octanol–water partition coefficient (Wildman–Crippen LogP) is 3.02. The number of benzene rings is 1. The van der Waals surface area contributed by atoms with Crippen LogP contribution in [-0.2, 0) is 10.1 Å². The molecule has 0 N–H and O–H groups in total. The van der Waals surface area contributed by atoms with Crippen LogP contribution in [0.2, 0.25) is 0 Å². The number of halogens is 2. The summed E-state index contributed by atoms with van der Waals surface area (Å²) in [6.07, 6.45) is 0.742. The Morgan fingerprint density at radius 2 is 2.31 bits per heavy atom. The molecule has 1 aromatic carbocycles. The van der Waals surface area contributed by atoms with E-state index >= 15 is 0 Å². The first-order chi connectivity index (χ1) is 6.19. The Morgan fingerprint density at radius 1 is 1.62 bits per heavy atom. The second-order valence-electron chi connectivity index (χ2n) is 2.91. The maximum atomic E-state index is 13.3. The molecule has 1 aromatic rings. The molecule has 70 valence electrons. The molecule has 0 aliphatic carbocycles. The predicted molar refractivity (Wildman–Crippen MR) is 53.5 cm³/mol. The third-order valence-corrected chi connectivity index (χ3v) is 2.56. The highest BCUT2D eigenvalue weighted by Crippen LogP contribution is 2.19. The van der Waals surface area contributed by atoms with Crippen molar-refractivity contribution in [2.75, 3.05) is 0 Å². The summed E-state index contributed by atoms with van der Waals surface area (Å²) in [7, 11) is 0. The number of carbonyl (C=O) groups is 1. The highest BCUT2D eigenvalue weighted by atomic mass is 79.9. The molecule has 1 atom stereocenters. The van der Waals surface area contributed by atoms with Gasteiger partial charge in [-0.3, -0.25) is 0 Å². The molecule has 3 heteroatoms. The number of carbonyl (C=O) groups excluding carboxylic acids is 1. The zero-order chi connectivity index (χ0) is 9.84. The zero-order valence-corrected chi connectivity index (χ0v) is 8.84. The molecule has 0 aliphatic heterocycles. The lowest BCUT2D eigenvalue weighted by molar-refractivity contribution is -0.108. The third kappa shape index (κ3) is 2.37. The van der Waals surface area contributed by atoms with Crippen molar-refractivity contribution in [3.8, 4) is 0 Å². The Labute approximate surface area is 85.1 Å². The normalized spacial score (nSPS) is 12.5. The molecule has 0 spiro atoms. The van der Waals surface area contributed by atoms with E-state index in [1.807, 2.05) is 6.07 Å². The fraction of sp³-hybridized carbons (Fsp3) is 0.300. The Balaban J connectivity index is 3.04. The van der Waals surface area contributed by atoms with Crippen molar-refractivity contribution >= 4 is 22.2 Å². The molecule has 0 heterocycles. The summed E-state index contributed by atoms with van der Waals surface area (Å²) in [5.74, 6) is -0.680.